The minimum atomic E-state index is -0.139. The van der Waals surface area contributed by atoms with E-state index in [0.29, 0.717) is 6.04 Å². The molecule has 0 heterocycles. The van der Waals surface area contributed by atoms with Crippen LogP contribution in [0.5, 0.6) is 0 Å². The fourth-order valence-corrected chi connectivity index (χ4v) is 1.68. The molecule has 0 radical (unpaired) electrons. The van der Waals surface area contributed by atoms with Crippen LogP contribution in [0.4, 0.5) is 0 Å². The first kappa shape index (κ1) is 15.9. The third-order valence-electron chi connectivity index (χ3n) is 3.40. The standard InChI is InChI=1S/C13H29NO2/c1-8-14-11(13(4,5)16-7)9-10-12(2,3)15-6/h11,14H,8-10H2,1-7H3. The highest BCUT2D eigenvalue weighted by Gasteiger charge is 2.30. The highest BCUT2D eigenvalue weighted by atomic mass is 16.5. The summed E-state index contributed by atoms with van der Waals surface area (Å²) in [5.41, 5.74) is -0.197. The van der Waals surface area contributed by atoms with Gasteiger partial charge in [0.1, 0.15) is 0 Å². The average Bonchev–Trinajstić information content (AvgIpc) is 2.24. The summed E-state index contributed by atoms with van der Waals surface area (Å²) in [5.74, 6) is 0. The topological polar surface area (TPSA) is 30.5 Å². The molecule has 0 aliphatic carbocycles. The van der Waals surface area contributed by atoms with Crippen LogP contribution in [0.15, 0.2) is 0 Å². The number of hydrogen-bond acceptors (Lipinski definition) is 3. The van der Waals surface area contributed by atoms with Gasteiger partial charge in [-0.2, -0.15) is 0 Å². The van der Waals surface area contributed by atoms with Gasteiger partial charge in [0.25, 0.3) is 0 Å². The van der Waals surface area contributed by atoms with Crippen molar-refractivity contribution in [3.05, 3.63) is 0 Å². The van der Waals surface area contributed by atoms with Gasteiger partial charge in [-0.15, -0.1) is 0 Å². The van der Waals surface area contributed by atoms with Gasteiger partial charge in [0, 0.05) is 20.3 Å². The smallest absolute Gasteiger partial charge is 0.0775 e. The van der Waals surface area contributed by atoms with E-state index in [4.69, 9.17) is 9.47 Å². The van der Waals surface area contributed by atoms with Crippen molar-refractivity contribution in [3.8, 4) is 0 Å². The van der Waals surface area contributed by atoms with Crippen molar-refractivity contribution in [1.82, 2.24) is 5.32 Å². The van der Waals surface area contributed by atoms with Crippen LogP contribution in [0.25, 0.3) is 0 Å². The van der Waals surface area contributed by atoms with E-state index < -0.39 is 0 Å². The molecule has 98 valence electrons. The monoisotopic (exact) mass is 231 g/mol. The van der Waals surface area contributed by atoms with Gasteiger partial charge in [0.2, 0.25) is 0 Å². The van der Waals surface area contributed by atoms with E-state index in [0.717, 1.165) is 19.4 Å². The number of hydrogen-bond donors (Lipinski definition) is 1. The van der Waals surface area contributed by atoms with Gasteiger partial charge >= 0.3 is 0 Å². The van der Waals surface area contributed by atoms with Crippen LogP contribution in [0.3, 0.4) is 0 Å². The van der Waals surface area contributed by atoms with E-state index in [1.54, 1.807) is 14.2 Å². The lowest BCUT2D eigenvalue weighted by Gasteiger charge is -2.35. The molecule has 3 heteroatoms. The third-order valence-corrected chi connectivity index (χ3v) is 3.40. The molecular weight excluding hydrogens is 202 g/mol. The second kappa shape index (κ2) is 6.58. The van der Waals surface area contributed by atoms with E-state index in [1.165, 1.54) is 0 Å². The minimum absolute atomic E-state index is 0.0580. The molecule has 0 aliphatic rings. The first-order valence-corrected chi connectivity index (χ1v) is 6.12. The van der Waals surface area contributed by atoms with Crippen LogP contribution >= 0.6 is 0 Å². The Morgan fingerprint density at radius 2 is 1.62 bits per heavy atom. The Hall–Kier alpha value is -0.120. The number of ether oxygens (including phenoxy) is 2. The fraction of sp³-hybridized carbons (Fsp3) is 1.00. The molecule has 3 nitrogen and oxygen atoms in total. The first-order valence-electron chi connectivity index (χ1n) is 6.12. The molecule has 0 saturated carbocycles. The number of rotatable bonds is 8. The molecule has 0 aromatic carbocycles. The third kappa shape index (κ3) is 5.28. The molecule has 0 fully saturated rings. The van der Waals surface area contributed by atoms with Gasteiger partial charge in [-0.25, -0.2) is 0 Å². The van der Waals surface area contributed by atoms with Gasteiger partial charge < -0.3 is 14.8 Å². The van der Waals surface area contributed by atoms with Gasteiger partial charge in [0.05, 0.1) is 11.2 Å². The number of nitrogens with one attached hydrogen (secondary N) is 1. The molecule has 0 rings (SSSR count). The lowest BCUT2D eigenvalue weighted by atomic mass is 9.90. The van der Waals surface area contributed by atoms with Crippen LogP contribution in [0.2, 0.25) is 0 Å². The molecule has 0 amide bonds. The minimum Gasteiger partial charge on any atom is -0.379 e. The summed E-state index contributed by atoms with van der Waals surface area (Å²) in [6, 6.07) is 0.358. The maximum Gasteiger partial charge on any atom is 0.0775 e. The maximum atomic E-state index is 5.55. The molecule has 1 atom stereocenters. The normalized spacial score (nSPS) is 15.2. The molecule has 1 unspecified atom stereocenters. The molecular formula is C13H29NO2. The van der Waals surface area contributed by atoms with E-state index in [-0.39, 0.29) is 11.2 Å². The van der Waals surface area contributed by atoms with Crippen molar-refractivity contribution >= 4 is 0 Å². The molecule has 0 aromatic heterocycles. The Balaban J connectivity index is 4.35. The van der Waals surface area contributed by atoms with E-state index in [9.17, 15) is 0 Å². The number of methoxy groups -OCH3 is 2. The van der Waals surface area contributed by atoms with Gasteiger partial charge in [-0.3, -0.25) is 0 Å². The zero-order valence-electron chi connectivity index (χ0n) is 12.0. The predicted octanol–water partition coefficient (Wildman–Crippen LogP) is 2.59. The van der Waals surface area contributed by atoms with Crippen molar-refractivity contribution in [2.24, 2.45) is 0 Å². The van der Waals surface area contributed by atoms with E-state index in [1.807, 2.05) is 0 Å². The van der Waals surface area contributed by atoms with Gasteiger partial charge in [-0.05, 0) is 47.1 Å². The summed E-state index contributed by atoms with van der Waals surface area (Å²) >= 11 is 0. The summed E-state index contributed by atoms with van der Waals surface area (Å²) in [7, 11) is 3.54. The maximum absolute atomic E-state index is 5.55. The van der Waals surface area contributed by atoms with E-state index >= 15 is 0 Å². The lowest BCUT2D eigenvalue weighted by molar-refractivity contribution is -0.0286. The second-order valence-electron chi connectivity index (χ2n) is 5.42. The van der Waals surface area contributed by atoms with E-state index in [2.05, 4.69) is 39.9 Å². The van der Waals surface area contributed by atoms with Crippen molar-refractivity contribution in [2.45, 2.75) is 64.7 Å². The largest absolute Gasteiger partial charge is 0.379 e. The summed E-state index contributed by atoms with van der Waals surface area (Å²) < 4.78 is 11.0. The Labute approximate surface area is 101 Å². The average molecular weight is 231 g/mol. The summed E-state index contributed by atoms with van der Waals surface area (Å²) in [5, 5.41) is 3.49. The van der Waals surface area contributed by atoms with Crippen molar-refractivity contribution in [2.75, 3.05) is 20.8 Å². The van der Waals surface area contributed by atoms with Gasteiger partial charge in [-0.1, -0.05) is 6.92 Å². The van der Waals surface area contributed by atoms with Crippen LogP contribution in [-0.2, 0) is 9.47 Å². The van der Waals surface area contributed by atoms with Crippen LogP contribution in [-0.4, -0.2) is 38.0 Å². The Kier molecular flexibility index (Phi) is 6.53. The fourth-order valence-electron chi connectivity index (χ4n) is 1.68. The van der Waals surface area contributed by atoms with Crippen LogP contribution < -0.4 is 5.32 Å². The molecule has 16 heavy (non-hydrogen) atoms. The second-order valence-corrected chi connectivity index (χ2v) is 5.42. The first-order chi connectivity index (χ1) is 7.29. The van der Waals surface area contributed by atoms with Crippen molar-refractivity contribution in [1.29, 1.82) is 0 Å². The summed E-state index contributed by atoms with van der Waals surface area (Å²) in [4.78, 5) is 0. The van der Waals surface area contributed by atoms with Crippen molar-refractivity contribution < 1.29 is 9.47 Å². The quantitative estimate of drug-likeness (QED) is 0.696. The molecule has 0 saturated heterocycles. The predicted molar refractivity (Wildman–Crippen MR) is 68.9 cm³/mol. The summed E-state index contributed by atoms with van der Waals surface area (Å²) in [6.07, 6.45) is 2.07. The highest BCUT2D eigenvalue weighted by Crippen LogP contribution is 2.23. The zero-order valence-corrected chi connectivity index (χ0v) is 12.0. The Morgan fingerprint density at radius 1 is 1.06 bits per heavy atom. The van der Waals surface area contributed by atoms with Crippen LogP contribution in [0, 0.1) is 0 Å². The van der Waals surface area contributed by atoms with Crippen LogP contribution in [0.1, 0.15) is 47.5 Å². The molecule has 0 aliphatic heterocycles. The number of likely N-dealkylation sites (N-methyl/N-ethyl adjacent to an activating group) is 1. The van der Waals surface area contributed by atoms with Crippen molar-refractivity contribution in [3.63, 3.8) is 0 Å². The SMILES string of the molecule is CCNC(CCC(C)(C)OC)C(C)(C)OC. The Bertz CT molecular complexity index is 190. The summed E-state index contributed by atoms with van der Waals surface area (Å²) in [6.45, 7) is 11.6. The van der Waals surface area contributed by atoms with Gasteiger partial charge in [0.15, 0.2) is 0 Å². The molecule has 0 bridgehead atoms. The molecule has 0 spiro atoms. The zero-order chi connectivity index (χ0) is 12.8. The highest BCUT2D eigenvalue weighted by molar-refractivity contribution is 4.87. The lowest BCUT2D eigenvalue weighted by Crippen LogP contribution is -2.48. The molecule has 0 aromatic rings. The Morgan fingerprint density at radius 3 is 2.00 bits per heavy atom. The molecule has 1 N–H and O–H groups in total.